The van der Waals surface area contributed by atoms with E-state index in [1.807, 2.05) is 0 Å². The van der Waals surface area contributed by atoms with E-state index in [4.69, 9.17) is 5.73 Å². The molecule has 0 aliphatic carbocycles. The molecule has 1 aromatic rings. The van der Waals surface area contributed by atoms with Crippen molar-refractivity contribution in [2.24, 2.45) is 5.92 Å². The van der Waals surface area contributed by atoms with E-state index < -0.39 is 0 Å². The monoisotopic (exact) mass is 202 g/mol. The minimum absolute atomic E-state index is 0.473. The molecule has 0 unspecified atom stereocenters. The first-order chi connectivity index (χ1) is 7.36. The van der Waals surface area contributed by atoms with Gasteiger partial charge in [-0.25, -0.2) is 9.97 Å². The van der Waals surface area contributed by atoms with Crippen LogP contribution in [-0.2, 0) is 0 Å². The van der Waals surface area contributed by atoms with Crippen LogP contribution < -0.4 is 11.1 Å². The van der Waals surface area contributed by atoms with E-state index in [2.05, 4.69) is 27.1 Å². The molecule has 0 atom stereocenters. The maximum absolute atomic E-state index is 5.70. The second-order valence-electron chi connectivity index (χ2n) is 3.62. The Morgan fingerprint density at radius 2 is 2.20 bits per heavy atom. The van der Waals surface area contributed by atoms with Crippen LogP contribution in [0, 0.1) is 17.8 Å². The summed E-state index contributed by atoms with van der Waals surface area (Å²) in [5, 5.41) is 3.31. The summed E-state index contributed by atoms with van der Waals surface area (Å²) in [6.07, 6.45) is 5.28. The minimum Gasteiger partial charge on any atom is -0.395 e. The average molecular weight is 202 g/mol. The summed E-state index contributed by atoms with van der Waals surface area (Å²) >= 11 is 0. The summed E-state index contributed by atoms with van der Waals surface area (Å²) in [6, 6.07) is 0. The van der Waals surface area contributed by atoms with Gasteiger partial charge in [0.2, 0.25) is 0 Å². The lowest BCUT2D eigenvalue weighted by atomic mass is 9.99. The highest BCUT2D eigenvalue weighted by Gasteiger charge is 2.09. The van der Waals surface area contributed by atoms with Gasteiger partial charge in [-0.05, 0) is 31.9 Å². The normalized spacial score (nSPS) is 16.8. The lowest BCUT2D eigenvalue weighted by Crippen LogP contribution is -2.26. The summed E-state index contributed by atoms with van der Waals surface area (Å²) in [4.78, 5) is 7.86. The SMILES string of the molecule is Nc1cncnc1C#CC1CCNCC1. The predicted molar refractivity (Wildman–Crippen MR) is 58.9 cm³/mol. The van der Waals surface area contributed by atoms with Gasteiger partial charge in [0.1, 0.15) is 12.0 Å². The molecule has 2 rings (SSSR count). The summed E-state index contributed by atoms with van der Waals surface area (Å²) < 4.78 is 0. The number of nitrogen functional groups attached to an aromatic ring is 1. The molecule has 0 radical (unpaired) electrons. The van der Waals surface area contributed by atoms with Gasteiger partial charge in [0.05, 0.1) is 11.9 Å². The van der Waals surface area contributed by atoms with E-state index in [1.54, 1.807) is 6.20 Å². The molecule has 3 N–H and O–H groups in total. The molecule has 0 amide bonds. The Labute approximate surface area is 89.3 Å². The molecule has 0 aromatic carbocycles. The summed E-state index contributed by atoms with van der Waals surface area (Å²) in [5.74, 6) is 6.72. The number of anilines is 1. The molecule has 1 aromatic heterocycles. The second kappa shape index (κ2) is 4.76. The molecular weight excluding hydrogens is 188 g/mol. The number of nitrogens with zero attached hydrogens (tertiary/aromatic N) is 2. The van der Waals surface area contributed by atoms with Gasteiger partial charge in [0.15, 0.2) is 0 Å². The van der Waals surface area contributed by atoms with Crippen LogP contribution in [0.3, 0.4) is 0 Å². The molecule has 0 bridgehead atoms. The van der Waals surface area contributed by atoms with Gasteiger partial charge in [-0.15, -0.1) is 0 Å². The Hall–Kier alpha value is -1.60. The van der Waals surface area contributed by atoms with Gasteiger partial charge in [-0.3, -0.25) is 0 Å². The minimum atomic E-state index is 0.473. The number of hydrogen-bond donors (Lipinski definition) is 2. The quantitative estimate of drug-likeness (QED) is 0.598. The first-order valence-electron chi connectivity index (χ1n) is 5.14. The zero-order chi connectivity index (χ0) is 10.5. The Kier molecular flexibility index (Phi) is 3.15. The van der Waals surface area contributed by atoms with E-state index in [0.29, 0.717) is 17.3 Å². The highest BCUT2D eigenvalue weighted by Crippen LogP contribution is 2.10. The van der Waals surface area contributed by atoms with Crippen LogP contribution in [0.15, 0.2) is 12.5 Å². The topological polar surface area (TPSA) is 63.8 Å². The zero-order valence-electron chi connectivity index (χ0n) is 8.53. The molecule has 1 aliphatic rings. The lowest BCUT2D eigenvalue weighted by molar-refractivity contribution is 0.447. The lowest BCUT2D eigenvalue weighted by Gasteiger charge is -2.17. The number of nitrogens with one attached hydrogen (secondary N) is 1. The van der Waals surface area contributed by atoms with Crippen molar-refractivity contribution in [1.29, 1.82) is 0 Å². The molecule has 0 saturated carbocycles. The fourth-order valence-electron chi connectivity index (χ4n) is 1.58. The van der Waals surface area contributed by atoms with Crippen molar-refractivity contribution >= 4 is 5.69 Å². The van der Waals surface area contributed by atoms with Crippen molar-refractivity contribution in [3.63, 3.8) is 0 Å². The van der Waals surface area contributed by atoms with Crippen molar-refractivity contribution in [2.45, 2.75) is 12.8 Å². The third-order valence-corrected chi connectivity index (χ3v) is 2.47. The Morgan fingerprint density at radius 1 is 1.40 bits per heavy atom. The summed E-state index contributed by atoms with van der Waals surface area (Å²) in [5.41, 5.74) is 6.89. The Balaban J connectivity index is 2.07. The van der Waals surface area contributed by atoms with Crippen LogP contribution in [0.5, 0.6) is 0 Å². The van der Waals surface area contributed by atoms with Crippen LogP contribution in [0.1, 0.15) is 18.5 Å². The largest absolute Gasteiger partial charge is 0.395 e. The average Bonchev–Trinajstić information content (AvgIpc) is 2.29. The van der Waals surface area contributed by atoms with Crippen molar-refractivity contribution in [3.05, 3.63) is 18.2 Å². The van der Waals surface area contributed by atoms with Gasteiger partial charge < -0.3 is 11.1 Å². The summed E-state index contributed by atoms with van der Waals surface area (Å²) in [6.45, 7) is 2.11. The van der Waals surface area contributed by atoms with Crippen LogP contribution in [0.4, 0.5) is 5.69 Å². The van der Waals surface area contributed by atoms with Crippen LogP contribution in [0.25, 0.3) is 0 Å². The predicted octanol–water partition coefficient (Wildman–Crippen LogP) is 0.410. The molecule has 15 heavy (non-hydrogen) atoms. The Morgan fingerprint density at radius 3 is 2.93 bits per heavy atom. The van der Waals surface area contributed by atoms with Crippen LogP contribution in [-0.4, -0.2) is 23.1 Å². The third kappa shape index (κ3) is 2.67. The molecule has 1 saturated heterocycles. The fraction of sp³-hybridized carbons (Fsp3) is 0.455. The number of rotatable bonds is 0. The van der Waals surface area contributed by atoms with Gasteiger partial charge in [-0.1, -0.05) is 5.92 Å². The maximum Gasteiger partial charge on any atom is 0.139 e. The molecule has 1 fully saturated rings. The molecular formula is C11H14N4. The standard InChI is InChI=1S/C11H14N4/c12-10-7-14-8-15-11(10)2-1-9-3-5-13-6-4-9/h7-9,13H,3-6,12H2. The zero-order valence-corrected chi connectivity index (χ0v) is 8.53. The molecule has 4 nitrogen and oxygen atoms in total. The third-order valence-electron chi connectivity index (χ3n) is 2.47. The van der Waals surface area contributed by atoms with Gasteiger partial charge >= 0.3 is 0 Å². The van der Waals surface area contributed by atoms with Crippen LogP contribution in [0.2, 0.25) is 0 Å². The molecule has 2 heterocycles. The van der Waals surface area contributed by atoms with Gasteiger partial charge in [-0.2, -0.15) is 0 Å². The van der Waals surface area contributed by atoms with E-state index >= 15 is 0 Å². The first kappa shape index (κ1) is 9.94. The van der Waals surface area contributed by atoms with Gasteiger partial charge in [0.25, 0.3) is 0 Å². The van der Waals surface area contributed by atoms with E-state index in [9.17, 15) is 0 Å². The van der Waals surface area contributed by atoms with Crippen molar-refractivity contribution in [1.82, 2.24) is 15.3 Å². The fourth-order valence-corrected chi connectivity index (χ4v) is 1.58. The van der Waals surface area contributed by atoms with E-state index in [0.717, 1.165) is 25.9 Å². The molecule has 4 heteroatoms. The molecule has 1 aliphatic heterocycles. The first-order valence-corrected chi connectivity index (χ1v) is 5.14. The molecule has 0 spiro atoms. The van der Waals surface area contributed by atoms with E-state index in [1.165, 1.54) is 6.33 Å². The smallest absolute Gasteiger partial charge is 0.139 e. The van der Waals surface area contributed by atoms with Crippen LogP contribution >= 0.6 is 0 Å². The number of hydrogen-bond acceptors (Lipinski definition) is 4. The highest BCUT2D eigenvalue weighted by atomic mass is 14.9. The van der Waals surface area contributed by atoms with Crippen molar-refractivity contribution < 1.29 is 0 Å². The number of nitrogens with two attached hydrogens (primary N) is 1. The second-order valence-corrected chi connectivity index (χ2v) is 3.62. The number of aromatic nitrogens is 2. The number of piperidine rings is 1. The Bertz CT molecular complexity index is 385. The van der Waals surface area contributed by atoms with Crippen molar-refractivity contribution in [2.75, 3.05) is 18.8 Å². The van der Waals surface area contributed by atoms with E-state index in [-0.39, 0.29) is 0 Å². The maximum atomic E-state index is 5.70. The summed E-state index contributed by atoms with van der Waals surface area (Å²) in [7, 11) is 0. The van der Waals surface area contributed by atoms with Gasteiger partial charge in [0, 0.05) is 5.92 Å². The molecule has 78 valence electrons. The van der Waals surface area contributed by atoms with Crippen molar-refractivity contribution in [3.8, 4) is 11.8 Å². The highest BCUT2D eigenvalue weighted by molar-refractivity contribution is 5.49.